The predicted molar refractivity (Wildman–Crippen MR) is 121 cm³/mol. The maximum Gasteiger partial charge on any atom is 0.122 e. The molecule has 2 heterocycles. The van der Waals surface area contributed by atoms with E-state index in [1.807, 2.05) is 50.2 Å². The van der Waals surface area contributed by atoms with Gasteiger partial charge in [0.25, 0.3) is 0 Å². The molecule has 0 N–H and O–H groups in total. The molecule has 4 rings (SSSR count). The minimum Gasteiger partial charge on any atom is -0.489 e. The molecule has 1 aliphatic heterocycles. The van der Waals surface area contributed by atoms with E-state index in [4.69, 9.17) is 19.7 Å². The molecule has 2 aromatic carbocycles. The van der Waals surface area contributed by atoms with Gasteiger partial charge in [-0.15, -0.1) is 12.4 Å². The Bertz CT molecular complexity index is 1050. The number of ether oxygens (including phenoxy) is 2. The number of halogens is 1. The van der Waals surface area contributed by atoms with Crippen LogP contribution in [0.15, 0.2) is 48.5 Å². The molecule has 0 spiro atoms. The fourth-order valence-electron chi connectivity index (χ4n) is 3.83. The van der Waals surface area contributed by atoms with Gasteiger partial charge in [0.1, 0.15) is 12.4 Å². The maximum atomic E-state index is 8.90. The Hall–Kier alpha value is -2.81. The molecule has 1 atom stereocenters. The van der Waals surface area contributed by atoms with Crippen LogP contribution in [0, 0.1) is 18.3 Å². The van der Waals surface area contributed by atoms with E-state index in [-0.39, 0.29) is 12.4 Å². The number of hydrogen-bond acceptors (Lipinski definition) is 5. The number of rotatable bonds is 6. The zero-order valence-corrected chi connectivity index (χ0v) is 18.1. The molecule has 0 unspecified atom stereocenters. The van der Waals surface area contributed by atoms with Gasteiger partial charge in [-0.25, -0.2) is 0 Å². The first kappa shape index (κ1) is 21.9. The Morgan fingerprint density at radius 3 is 2.70 bits per heavy atom. The number of hydrogen-bond donors (Lipinski definition) is 0. The third-order valence-electron chi connectivity index (χ3n) is 5.26. The summed E-state index contributed by atoms with van der Waals surface area (Å²) in [5.74, 6) is 0.791. The number of nitriles is 1. The van der Waals surface area contributed by atoms with Gasteiger partial charge < -0.3 is 14.4 Å². The van der Waals surface area contributed by atoms with E-state index >= 15 is 0 Å². The highest BCUT2D eigenvalue weighted by molar-refractivity contribution is 5.93. The predicted octanol–water partition coefficient (Wildman–Crippen LogP) is 5.03. The first-order valence-electron chi connectivity index (χ1n) is 10.1. The molecular formula is C24H26ClN3O2. The maximum absolute atomic E-state index is 8.90. The number of benzene rings is 2. The number of aromatic nitrogens is 1. The van der Waals surface area contributed by atoms with Crippen LogP contribution in [0.5, 0.6) is 5.75 Å². The van der Waals surface area contributed by atoms with Crippen molar-refractivity contribution in [3.8, 4) is 11.8 Å². The van der Waals surface area contributed by atoms with E-state index in [1.54, 1.807) is 0 Å². The average molecular weight is 424 g/mol. The summed E-state index contributed by atoms with van der Waals surface area (Å²) >= 11 is 0. The first-order valence-corrected chi connectivity index (χ1v) is 10.1. The van der Waals surface area contributed by atoms with Gasteiger partial charge in [0, 0.05) is 42.5 Å². The monoisotopic (exact) mass is 423 g/mol. The summed E-state index contributed by atoms with van der Waals surface area (Å²) in [7, 11) is 0. The van der Waals surface area contributed by atoms with Crippen molar-refractivity contribution in [2.45, 2.75) is 33.0 Å². The zero-order chi connectivity index (χ0) is 20.2. The van der Waals surface area contributed by atoms with Crippen LogP contribution in [0.2, 0.25) is 0 Å². The van der Waals surface area contributed by atoms with E-state index in [9.17, 15) is 0 Å². The van der Waals surface area contributed by atoms with Crippen LogP contribution in [0.4, 0.5) is 5.69 Å². The van der Waals surface area contributed by atoms with Gasteiger partial charge in [0.2, 0.25) is 0 Å². The van der Waals surface area contributed by atoms with Crippen molar-refractivity contribution in [3.05, 3.63) is 65.4 Å². The highest BCUT2D eigenvalue weighted by atomic mass is 35.5. The largest absolute Gasteiger partial charge is 0.489 e. The van der Waals surface area contributed by atoms with E-state index < -0.39 is 0 Å². The second-order valence-electron chi connectivity index (χ2n) is 7.37. The van der Waals surface area contributed by atoms with Crippen molar-refractivity contribution >= 4 is 29.0 Å². The van der Waals surface area contributed by atoms with E-state index in [0.717, 1.165) is 54.0 Å². The van der Waals surface area contributed by atoms with Crippen LogP contribution >= 0.6 is 12.4 Å². The third-order valence-corrected chi connectivity index (χ3v) is 5.26. The fourth-order valence-corrected chi connectivity index (χ4v) is 3.83. The zero-order valence-electron chi connectivity index (χ0n) is 17.3. The second-order valence-corrected chi connectivity index (χ2v) is 7.37. The fraction of sp³-hybridized carbons (Fsp3) is 0.333. The van der Waals surface area contributed by atoms with Crippen molar-refractivity contribution in [1.29, 1.82) is 5.26 Å². The summed E-state index contributed by atoms with van der Waals surface area (Å²) in [6.07, 6.45) is 1.36. The molecule has 0 bridgehead atoms. The van der Waals surface area contributed by atoms with Crippen LogP contribution in [-0.2, 0) is 11.3 Å². The minimum absolute atomic E-state index is 0. The van der Waals surface area contributed by atoms with Crippen LogP contribution < -0.4 is 9.64 Å². The summed E-state index contributed by atoms with van der Waals surface area (Å²) in [4.78, 5) is 7.12. The SMILES string of the molecule is CCO[C@H]1CCN(c2cc(C)nc3cc(OCc4ccc(C#N)cc4)ccc23)C1.Cl. The van der Waals surface area contributed by atoms with Crippen molar-refractivity contribution in [1.82, 2.24) is 4.98 Å². The van der Waals surface area contributed by atoms with Crippen molar-refractivity contribution in [3.63, 3.8) is 0 Å². The van der Waals surface area contributed by atoms with Crippen LogP contribution in [0.3, 0.4) is 0 Å². The van der Waals surface area contributed by atoms with Crippen LogP contribution in [-0.4, -0.2) is 30.8 Å². The molecule has 6 heteroatoms. The van der Waals surface area contributed by atoms with Crippen molar-refractivity contribution < 1.29 is 9.47 Å². The number of anilines is 1. The van der Waals surface area contributed by atoms with Crippen molar-refractivity contribution in [2.75, 3.05) is 24.6 Å². The number of fused-ring (bicyclic) bond motifs is 1. The molecule has 30 heavy (non-hydrogen) atoms. The lowest BCUT2D eigenvalue weighted by atomic mass is 10.1. The number of nitrogens with zero attached hydrogens (tertiary/aromatic N) is 3. The molecule has 0 amide bonds. The van der Waals surface area contributed by atoms with E-state index in [1.165, 1.54) is 5.69 Å². The lowest BCUT2D eigenvalue weighted by Crippen LogP contribution is -2.23. The van der Waals surface area contributed by atoms with Gasteiger partial charge in [-0.3, -0.25) is 4.98 Å². The molecule has 0 radical (unpaired) electrons. The van der Waals surface area contributed by atoms with Crippen LogP contribution in [0.25, 0.3) is 10.9 Å². The standard InChI is InChI=1S/C24H25N3O2.ClH/c1-3-28-21-10-11-27(15-21)24-12-17(2)26-23-13-20(8-9-22(23)24)29-16-19-6-4-18(14-25)5-7-19;/h4-9,12-13,21H,3,10-11,15-16H2,1-2H3;1H/t21-;/m0./s1. The molecule has 5 nitrogen and oxygen atoms in total. The second kappa shape index (κ2) is 9.80. The van der Waals surface area contributed by atoms with Gasteiger partial charge >= 0.3 is 0 Å². The molecular weight excluding hydrogens is 398 g/mol. The Balaban J connectivity index is 0.00000256. The molecule has 0 saturated carbocycles. The van der Waals surface area contributed by atoms with Crippen molar-refractivity contribution in [2.24, 2.45) is 0 Å². The molecule has 1 aliphatic rings. The highest BCUT2D eigenvalue weighted by Gasteiger charge is 2.24. The lowest BCUT2D eigenvalue weighted by Gasteiger charge is -2.21. The van der Waals surface area contributed by atoms with Gasteiger partial charge in [0.05, 0.1) is 23.3 Å². The van der Waals surface area contributed by atoms with Gasteiger partial charge in [-0.1, -0.05) is 12.1 Å². The van der Waals surface area contributed by atoms with E-state index in [0.29, 0.717) is 18.3 Å². The first-order chi connectivity index (χ1) is 14.2. The lowest BCUT2D eigenvalue weighted by molar-refractivity contribution is 0.0788. The normalized spacial score (nSPS) is 15.6. The Morgan fingerprint density at radius 2 is 1.97 bits per heavy atom. The molecule has 0 aliphatic carbocycles. The molecule has 3 aromatic rings. The topological polar surface area (TPSA) is 58.4 Å². The summed E-state index contributed by atoms with van der Waals surface area (Å²) in [5, 5.41) is 10.0. The Kier molecular flexibility index (Phi) is 7.15. The summed E-state index contributed by atoms with van der Waals surface area (Å²) in [6, 6.07) is 17.8. The molecule has 156 valence electrons. The Labute approximate surface area is 183 Å². The summed E-state index contributed by atoms with van der Waals surface area (Å²) in [5.41, 5.74) is 4.84. The Morgan fingerprint density at radius 1 is 1.17 bits per heavy atom. The quantitative estimate of drug-likeness (QED) is 0.556. The molecule has 1 aromatic heterocycles. The summed E-state index contributed by atoms with van der Waals surface area (Å²) in [6.45, 7) is 7.22. The number of aryl methyl sites for hydroxylation is 1. The van der Waals surface area contributed by atoms with Gasteiger partial charge in [-0.05, 0) is 56.2 Å². The van der Waals surface area contributed by atoms with Gasteiger partial charge in [-0.2, -0.15) is 5.26 Å². The smallest absolute Gasteiger partial charge is 0.122 e. The van der Waals surface area contributed by atoms with Crippen LogP contribution in [0.1, 0.15) is 30.2 Å². The average Bonchev–Trinajstić information content (AvgIpc) is 3.20. The van der Waals surface area contributed by atoms with E-state index in [2.05, 4.69) is 23.1 Å². The van der Waals surface area contributed by atoms with Gasteiger partial charge in [0.15, 0.2) is 0 Å². The summed E-state index contributed by atoms with van der Waals surface area (Å²) < 4.78 is 11.8. The number of pyridine rings is 1. The molecule has 1 saturated heterocycles. The molecule has 1 fully saturated rings. The minimum atomic E-state index is 0. The highest BCUT2D eigenvalue weighted by Crippen LogP contribution is 2.32. The third kappa shape index (κ3) is 4.84.